The van der Waals surface area contributed by atoms with E-state index in [0.717, 1.165) is 84.4 Å². The SMILES string of the molecule is O=c1c2cccc(Br)c2c2cc3ccc4c(=O)c5cccc(Br)c5c5cc6ccc1c2c6c3c45. The van der Waals surface area contributed by atoms with Crippen molar-refractivity contribution in [1.82, 2.24) is 0 Å². The lowest BCUT2D eigenvalue weighted by Gasteiger charge is -2.19. The molecular formula is C30H12Br2O2. The Labute approximate surface area is 208 Å². The highest BCUT2D eigenvalue weighted by molar-refractivity contribution is 9.11. The molecule has 0 atom stereocenters. The van der Waals surface area contributed by atoms with Crippen LogP contribution in [-0.2, 0) is 0 Å². The van der Waals surface area contributed by atoms with Gasteiger partial charge in [-0.1, -0.05) is 68.3 Å². The van der Waals surface area contributed by atoms with Gasteiger partial charge in [-0.15, -0.1) is 0 Å². The zero-order valence-electron chi connectivity index (χ0n) is 17.5. The highest BCUT2D eigenvalue weighted by atomic mass is 79.9. The zero-order chi connectivity index (χ0) is 22.9. The summed E-state index contributed by atoms with van der Waals surface area (Å²) in [6.45, 7) is 0. The maximum absolute atomic E-state index is 13.6. The molecule has 0 fully saturated rings. The lowest BCUT2D eigenvalue weighted by atomic mass is 9.84. The van der Waals surface area contributed by atoms with Crippen LogP contribution < -0.4 is 10.9 Å². The van der Waals surface area contributed by atoms with E-state index in [-0.39, 0.29) is 10.9 Å². The molecule has 34 heavy (non-hydrogen) atoms. The number of benzene rings is 8. The van der Waals surface area contributed by atoms with Gasteiger partial charge in [0.15, 0.2) is 10.9 Å². The fourth-order valence-corrected chi connectivity index (χ4v) is 7.23. The van der Waals surface area contributed by atoms with E-state index >= 15 is 0 Å². The molecule has 2 nitrogen and oxygen atoms in total. The van der Waals surface area contributed by atoms with Crippen LogP contribution in [0.4, 0.5) is 0 Å². The van der Waals surface area contributed by atoms with Gasteiger partial charge in [-0.2, -0.15) is 0 Å². The van der Waals surface area contributed by atoms with Crippen molar-refractivity contribution in [3.8, 4) is 0 Å². The van der Waals surface area contributed by atoms with Crippen molar-refractivity contribution in [3.63, 3.8) is 0 Å². The predicted molar refractivity (Wildman–Crippen MR) is 150 cm³/mol. The van der Waals surface area contributed by atoms with Gasteiger partial charge in [0.2, 0.25) is 0 Å². The summed E-state index contributed by atoms with van der Waals surface area (Å²) in [7, 11) is 0. The minimum Gasteiger partial charge on any atom is -0.289 e. The van der Waals surface area contributed by atoms with Crippen LogP contribution >= 0.6 is 31.9 Å². The third kappa shape index (κ3) is 2.08. The molecule has 0 aliphatic heterocycles. The largest absolute Gasteiger partial charge is 0.289 e. The Balaban J connectivity index is 1.81. The third-order valence-corrected chi connectivity index (χ3v) is 8.73. The van der Waals surface area contributed by atoms with Gasteiger partial charge >= 0.3 is 0 Å². The van der Waals surface area contributed by atoms with E-state index in [4.69, 9.17) is 0 Å². The van der Waals surface area contributed by atoms with Crippen molar-refractivity contribution < 1.29 is 0 Å². The van der Waals surface area contributed by atoms with E-state index in [1.807, 2.05) is 48.5 Å². The molecule has 0 radical (unpaired) electrons. The summed E-state index contributed by atoms with van der Waals surface area (Å²) in [5.41, 5.74) is 0.0804. The molecule has 0 N–H and O–H groups in total. The minimum absolute atomic E-state index is 0.0402. The molecule has 0 aliphatic rings. The molecule has 8 aromatic rings. The van der Waals surface area contributed by atoms with Crippen LogP contribution in [-0.4, -0.2) is 0 Å². The molecule has 0 amide bonds. The molecule has 0 aromatic heterocycles. The lowest BCUT2D eigenvalue weighted by molar-refractivity contribution is 1.70. The standard InChI is InChI=1S/C30H12Br2O2/c31-21-5-1-3-15-25(21)19-11-13-8-10-18-28-20(26-16(30(18)34)4-2-6-22(26)32)12-14-7-9-17(29(15)33)27(19)23(14)24(13)28/h1-12H. The normalized spacial score (nSPS) is 12.6. The van der Waals surface area contributed by atoms with Crippen LogP contribution in [0.2, 0.25) is 0 Å². The second-order valence-corrected chi connectivity index (χ2v) is 10.7. The molecule has 0 bridgehead atoms. The monoisotopic (exact) mass is 562 g/mol. The first kappa shape index (κ1) is 19.0. The molecule has 0 saturated carbocycles. The fraction of sp³-hybridized carbons (Fsp3) is 0. The highest BCUT2D eigenvalue weighted by Crippen LogP contribution is 2.46. The van der Waals surface area contributed by atoms with Crippen molar-refractivity contribution >= 4 is 107 Å². The van der Waals surface area contributed by atoms with E-state index < -0.39 is 0 Å². The summed E-state index contributed by atoms with van der Waals surface area (Å²) in [5.74, 6) is 0. The van der Waals surface area contributed by atoms with E-state index in [1.165, 1.54) is 0 Å². The van der Waals surface area contributed by atoms with Crippen molar-refractivity contribution in [3.05, 3.63) is 102 Å². The van der Waals surface area contributed by atoms with Crippen molar-refractivity contribution in [1.29, 1.82) is 0 Å². The summed E-state index contributed by atoms with van der Waals surface area (Å²) in [5, 5.41) is 13.1. The molecule has 158 valence electrons. The molecule has 0 spiro atoms. The quantitative estimate of drug-likeness (QED) is 0.137. The second kappa shape index (κ2) is 6.21. The van der Waals surface area contributed by atoms with Gasteiger partial charge in [-0.25, -0.2) is 0 Å². The number of fused-ring (bicyclic) bond motifs is 4. The van der Waals surface area contributed by atoms with Crippen molar-refractivity contribution in [2.75, 3.05) is 0 Å². The van der Waals surface area contributed by atoms with Crippen LogP contribution in [0.5, 0.6) is 0 Å². The maximum Gasteiger partial charge on any atom is 0.194 e. The predicted octanol–water partition coefficient (Wildman–Crippen LogP) is 8.32. The fourth-order valence-electron chi connectivity index (χ4n) is 6.07. The molecule has 0 unspecified atom stereocenters. The van der Waals surface area contributed by atoms with Crippen LogP contribution in [0.3, 0.4) is 0 Å². The Morgan fingerprint density at radius 2 is 0.824 bits per heavy atom. The number of rotatable bonds is 0. The van der Waals surface area contributed by atoms with Crippen LogP contribution in [0, 0.1) is 0 Å². The van der Waals surface area contributed by atoms with E-state index in [2.05, 4.69) is 56.1 Å². The van der Waals surface area contributed by atoms with E-state index in [9.17, 15) is 9.59 Å². The smallest absolute Gasteiger partial charge is 0.194 e. The zero-order valence-corrected chi connectivity index (χ0v) is 20.7. The van der Waals surface area contributed by atoms with Gasteiger partial charge < -0.3 is 0 Å². The summed E-state index contributed by atoms with van der Waals surface area (Å²) in [6.07, 6.45) is 0. The van der Waals surface area contributed by atoms with Gasteiger partial charge in [-0.3, -0.25) is 9.59 Å². The molecule has 0 saturated heterocycles. The van der Waals surface area contributed by atoms with Crippen molar-refractivity contribution in [2.24, 2.45) is 0 Å². The van der Waals surface area contributed by atoms with E-state index in [1.54, 1.807) is 0 Å². The number of halogens is 2. The first-order chi connectivity index (χ1) is 16.5. The summed E-state index contributed by atoms with van der Waals surface area (Å²) >= 11 is 7.40. The topological polar surface area (TPSA) is 34.1 Å². The Bertz CT molecular complexity index is 2120. The Hall–Kier alpha value is -3.34. The molecule has 8 rings (SSSR count). The molecular weight excluding hydrogens is 552 g/mol. The Morgan fingerprint density at radius 3 is 1.26 bits per heavy atom. The van der Waals surface area contributed by atoms with Gasteiger partial charge in [0.25, 0.3) is 0 Å². The average Bonchev–Trinajstić information content (AvgIpc) is 2.85. The van der Waals surface area contributed by atoms with Gasteiger partial charge in [0.05, 0.1) is 0 Å². The third-order valence-electron chi connectivity index (χ3n) is 7.41. The summed E-state index contributed by atoms with van der Waals surface area (Å²) in [6, 6.07) is 24.0. The number of hydrogen-bond donors (Lipinski definition) is 0. The highest BCUT2D eigenvalue weighted by Gasteiger charge is 2.22. The minimum atomic E-state index is 0.0402. The lowest BCUT2D eigenvalue weighted by Crippen LogP contribution is -2.06. The Morgan fingerprint density at radius 1 is 0.412 bits per heavy atom. The Kier molecular flexibility index (Phi) is 3.47. The van der Waals surface area contributed by atoms with Crippen LogP contribution in [0.25, 0.3) is 75.4 Å². The van der Waals surface area contributed by atoms with Crippen molar-refractivity contribution in [2.45, 2.75) is 0 Å². The molecule has 0 heterocycles. The molecule has 0 aliphatic carbocycles. The first-order valence-electron chi connectivity index (χ1n) is 11.0. The van der Waals surface area contributed by atoms with Gasteiger partial charge in [0, 0.05) is 52.0 Å². The van der Waals surface area contributed by atoms with E-state index in [0.29, 0.717) is 0 Å². The van der Waals surface area contributed by atoms with Crippen LogP contribution in [0.15, 0.2) is 91.3 Å². The molecule has 4 heteroatoms. The summed E-state index contributed by atoms with van der Waals surface area (Å²) in [4.78, 5) is 27.1. The molecule has 8 aromatic carbocycles. The second-order valence-electron chi connectivity index (χ2n) is 9.00. The average molecular weight is 564 g/mol. The van der Waals surface area contributed by atoms with Gasteiger partial charge in [-0.05, 0) is 68.7 Å². The van der Waals surface area contributed by atoms with Crippen LogP contribution in [0.1, 0.15) is 0 Å². The maximum atomic E-state index is 13.6. The number of hydrogen-bond acceptors (Lipinski definition) is 2. The summed E-state index contributed by atoms with van der Waals surface area (Å²) < 4.78 is 1.82. The van der Waals surface area contributed by atoms with Gasteiger partial charge in [0.1, 0.15) is 0 Å². The first-order valence-corrected chi connectivity index (χ1v) is 12.6.